The highest BCUT2D eigenvalue weighted by molar-refractivity contribution is 7.09. The zero-order valence-corrected chi connectivity index (χ0v) is 17.1. The number of aliphatic hydroxyl groups is 1. The van der Waals surface area contributed by atoms with Gasteiger partial charge in [0.1, 0.15) is 12.4 Å². The Morgan fingerprint density at radius 2 is 1.93 bits per heavy atom. The molecule has 1 aromatic heterocycles. The third kappa shape index (κ3) is 6.55. The number of benzene rings is 2. The molecule has 0 atom stereocenters. The van der Waals surface area contributed by atoms with Gasteiger partial charge in [0.05, 0.1) is 17.3 Å². The van der Waals surface area contributed by atoms with Gasteiger partial charge in [-0.3, -0.25) is 4.79 Å². The number of thiazole rings is 1. The Morgan fingerprint density at radius 3 is 2.59 bits per heavy atom. The molecule has 150 valence electrons. The second-order valence-corrected chi connectivity index (χ2v) is 7.58. The second kappa shape index (κ2) is 10.5. The number of nitrogens with zero attached hydrogens (tertiary/aromatic N) is 2. The molecule has 29 heavy (non-hydrogen) atoms. The molecule has 1 heterocycles. The Morgan fingerprint density at radius 1 is 1.17 bits per heavy atom. The number of amides is 1. The summed E-state index contributed by atoms with van der Waals surface area (Å²) in [7, 11) is 0. The van der Waals surface area contributed by atoms with E-state index in [0.717, 1.165) is 27.6 Å². The minimum atomic E-state index is -0.137. The van der Waals surface area contributed by atoms with Crippen LogP contribution in [0.3, 0.4) is 0 Å². The topological polar surface area (TPSA) is 62.7 Å². The number of hydrogen-bond donors (Lipinski definition) is 1. The van der Waals surface area contributed by atoms with Crippen LogP contribution < -0.4 is 4.74 Å². The van der Waals surface area contributed by atoms with Crippen molar-refractivity contribution in [1.29, 1.82) is 0 Å². The van der Waals surface area contributed by atoms with Crippen LogP contribution >= 0.6 is 11.3 Å². The largest absolute Gasteiger partial charge is 0.487 e. The number of carbonyl (C=O) groups excluding carboxylic acids is 1. The monoisotopic (exact) mass is 408 g/mol. The first-order valence-electron chi connectivity index (χ1n) is 9.39. The summed E-state index contributed by atoms with van der Waals surface area (Å²) in [6.45, 7) is 3.09. The lowest BCUT2D eigenvalue weighted by molar-refractivity contribution is -0.127. The SMILES string of the molecule is Cc1nc(COc2ccc(/C=C/C(=O)N(CCO)Cc3ccccc3)cc2)cs1. The average molecular weight is 409 g/mol. The van der Waals surface area contributed by atoms with Gasteiger partial charge in [0, 0.05) is 24.5 Å². The molecule has 5 nitrogen and oxygen atoms in total. The summed E-state index contributed by atoms with van der Waals surface area (Å²) in [4.78, 5) is 18.5. The van der Waals surface area contributed by atoms with E-state index in [1.54, 1.807) is 22.3 Å². The van der Waals surface area contributed by atoms with Crippen LogP contribution in [0.25, 0.3) is 6.08 Å². The van der Waals surface area contributed by atoms with E-state index < -0.39 is 0 Å². The fourth-order valence-electron chi connectivity index (χ4n) is 2.77. The molecule has 3 rings (SSSR count). The maximum absolute atomic E-state index is 12.5. The summed E-state index contributed by atoms with van der Waals surface area (Å²) in [5, 5.41) is 12.3. The van der Waals surface area contributed by atoms with Gasteiger partial charge in [-0.2, -0.15) is 0 Å². The van der Waals surface area contributed by atoms with Crippen molar-refractivity contribution in [3.8, 4) is 5.75 Å². The number of aromatic nitrogens is 1. The zero-order chi connectivity index (χ0) is 20.5. The highest BCUT2D eigenvalue weighted by Crippen LogP contribution is 2.16. The van der Waals surface area contributed by atoms with Crippen LogP contribution in [0.1, 0.15) is 21.8 Å². The first-order chi connectivity index (χ1) is 14.1. The van der Waals surface area contributed by atoms with Gasteiger partial charge in [-0.25, -0.2) is 4.98 Å². The lowest BCUT2D eigenvalue weighted by atomic mass is 10.2. The quantitative estimate of drug-likeness (QED) is 0.542. The Bertz CT molecular complexity index is 936. The number of aryl methyl sites for hydroxylation is 1. The van der Waals surface area contributed by atoms with E-state index in [1.807, 2.05) is 66.9 Å². The van der Waals surface area contributed by atoms with Gasteiger partial charge in [0.25, 0.3) is 0 Å². The van der Waals surface area contributed by atoms with E-state index in [4.69, 9.17) is 4.74 Å². The molecule has 1 N–H and O–H groups in total. The molecule has 0 saturated carbocycles. The molecule has 0 fully saturated rings. The van der Waals surface area contributed by atoms with Crippen LogP contribution in [0.5, 0.6) is 5.75 Å². The Kier molecular flexibility index (Phi) is 7.55. The molecule has 0 saturated heterocycles. The normalized spacial score (nSPS) is 11.0. The van der Waals surface area contributed by atoms with Crippen LogP contribution in [0, 0.1) is 6.92 Å². The fourth-order valence-corrected chi connectivity index (χ4v) is 3.37. The fraction of sp³-hybridized carbons (Fsp3) is 0.217. The summed E-state index contributed by atoms with van der Waals surface area (Å²) < 4.78 is 5.74. The van der Waals surface area contributed by atoms with E-state index in [9.17, 15) is 9.90 Å². The molecule has 0 spiro atoms. The minimum absolute atomic E-state index is 0.0725. The van der Waals surface area contributed by atoms with E-state index in [2.05, 4.69) is 4.98 Å². The Balaban J connectivity index is 1.56. The maximum atomic E-state index is 12.5. The number of ether oxygens (including phenoxy) is 1. The Hall–Kier alpha value is -2.96. The molecule has 6 heteroatoms. The number of aliphatic hydroxyl groups excluding tert-OH is 1. The lowest BCUT2D eigenvalue weighted by Gasteiger charge is -2.20. The summed E-state index contributed by atoms with van der Waals surface area (Å²) in [5.41, 5.74) is 2.85. The van der Waals surface area contributed by atoms with Gasteiger partial charge in [-0.15, -0.1) is 11.3 Å². The van der Waals surface area contributed by atoms with Crippen LogP contribution in [-0.2, 0) is 17.9 Å². The molecular formula is C23H24N2O3S. The van der Waals surface area contributed by atoms with Gasteiger partial charge in [0.15, 0.2) is 0 Å². The number of rotatable bonds is 9. The smallest absolute Gasteiger partial charge is 0.246 e. The van der Waals surface area contributed by atoms with Crippen molar-refractivity contribution in [2.24, 2.45) is 0 Å². The molecule has 1 amide bonds. The third-order valence-corrected chi connectivity index (χ3v) is 5.07. The molecular weight excluding hydrogens is 384 g/mol. The maximum Gasteiger partial charge on any atom is 0.246 e. The molecule has 0 aliphatic rings. The molecule has 0 aliphatic carbocycles. The summed E-state index contributed by atoms with van der Waals surface area (Å²) in [6.07, 6.45) is 3.30. The molecule has 0 radical (unpaired) electrons. The molecule has 2 aromatic carbocycles. The van der Waals surface area contributed by atoms with Gasteiger partial charge in [0.2, 0.25) is 5.91 Å². The molecule has 0 unspecified atom stereocenters. The van der Waals surface area contributed by atoms with E-state index in [1.165, 1.54) is 6.08 Å². The van der Waals surface area contributed by atoms with E-state index >= 15 is 0 Å². The molecule has 0 bridgehead atoms. The van der Waals surface area contributed by atoms with Crippen molar-refractivity contribution in [1.82, 2.24) is 9.88 Å². The zero-order valence-electron chi connectivity index (χ0n) is 16.3. The third-order valence-electron chi connectivity index (χ3n) is 4.25. The van der Waals surface area contributed by atoms with Gasteiger partial charge in [-0.1, -0.05) is 42.5 Å². The Labute approximate surface area is 174 Å². The van der Waals surface area contributed by atoms with Crippen LogP contribution in [-0.4, -0.2) is 34.0 Å². The summed E-state index contributed by atoms with van der Waals surface area (Å²) in [6, 6.07) is 17.3. The molecule has 3 aromatic rings. The van der Waals surface area contributed by atoms with E-state index in [0.29, 0.717) is 19.7 Å². The first-order valence-corrected chi connectivity index (χ1v) is 10.3. The van der Waals surface area contributed by atoms with Crippen molar-refractivity contribution in [3.63, 3.8) is 0 Å². The van der Waals surface area contributed by atoms with Crippen LogP contribution in [0.4, 0.5) is 0 Å². The summed E-state index contributed by atoms with van der Waals surface area (Å²) in [5.74, 6) is 0.618. The lowest BCUT2D eigenvalue weighted by Crippen LogP contribution is -2.31. The van der Waals surface area contributed by atoms with Crippen molar-refractivity contribution in [2.45, 2.75) is 20.1 Å². The van der Waals surface area contributed by atoms with Crippen molar-refractivity contribution < 1.29 is 14.6 Å². The van der Waals surface area contributed by atoms with Gasteiger partial charge >= 0.3 is 0 Å². The predicted molar refractivity (Wildman–Crippen MR) is 116 cm³/mol. The predicted octanol–water partition coefficient (Wildman–Crippen LogP) is 4.06. The van der Waals surface area contributed by atoms with Crippen molar-refractivity contribution in [3.05, 3.63) is 87.9 Å². The number of hydrogen-bond acceptors (Lipinski definition) is 5. The first kappa shape index (κ1) is 20.8. The van der Waals surface area contributed by atoms with Crippen LogP contribution in [0.15, 0.2) is 66.1 Å². The summed E-state index contributed by atoms with van der Waals surface area (Å²) >= 11 is 1.61. The number of carbonyl (C=O) groups is 1. The van der Waals surface area contributed by atoms with Crippen LogP contribution in [0.2, 0.25) is 0 Å². The van der Waals surface area contributed by atoms with Crippen molar-refractivity contribution in [2.75, 3.05) is 13.2 Å². The van der Waals surface area contributed by atoms with Crippen molar-refractivity contribution >= 4 is 23.3 Å². The van der Waals surface area contributed by atoms with E-state index in [-0.39, 0.29) is 12.5 Å². The molecule has 0 aliphatic heterocycles. The minimum Gasteiger partial charge on any atom is -0.487 e. The average Bonchev–Trinajstić information content (AvgIpc) is 3.17. The van der Waals surface area contributed by atoms with Gasteiger partial charge in [-0.05, 0) is 36.3 Å². The van der Waals surface area contributed by atoms with Gasteiger partial charge < -0.3 is 14.7 Å². The highest BCUT2D eigenvalue weighted by Gasteiger charge is 2.10. The standard InChI is InChI=1S/C23H24N2O3S/c1-18-24-21(17-29-18)16-28-22-10-7-19(8-11-22)9-12-23(27)25(13-14-26)15-20-5-3-2-4-6-20/h2-12,17,26H,13-16H2,1H3/b12-9+. The highest BCUT2D eigenvalue weighted by atomic mass is 32.1. The second-order valence-electron chi connectivity index (χ2n) is 6.52.